The molecule has 15 heteroatoms. The van der Waals surface area contributed by atoms with Gasteiger partial charge in [0.15, 0.2) is 5.82 Å². The molecule has 4 amide bonds. The molecule has 2 aromatic heterocycles. The van der Waals surface area contributed by atoms with Crippen LogP contribution >= 0.6 is 0 Å². The second-order valence-electron chi connectivity index (χ2n) is 16.3. The summed E-state index contributed by atoms with van der Waals surface area (Å²) in [4.78, 5) is 74.0. The number of rotatable bonds is 9. The minimum absolute atomic E-state index is 0.0271. The molecule has 3 saturated heterocycles. The maximum absolute atomic E-state index is 16.5. The molecule has 0 spiro atoms. The van der Waals surface area contributed by atoms with Crippen molar-refractivity contribution in [3.63, 3.8) is 0 Å². The molecule has 3 aromatic carbocycles. The fraction of sp³-hybridized carbons (Fsp3) is 0.432. The number of amides is 4. The number of nitrogens with one attached hydrogen (secondary N) is 2. The van der Waals surface area contributed by atoms with E-state index in [1.165, 1.54) is 9.47 Å². The number of piperidine rings is 2. The number of likely N-dealkylation sites (tertiary alicyclic amines) is 1. The van der Waals surface area contributed by atoms with Gasteiger partial charge in [0.25, 0.3) is 5.91 Å². The molecule has 2 atom stereocenters. The first kappa shape index (κ1) is 39.8. The van der Waals surface area contributed by atoms with Gasteiger partial charge in [0, 0.05) is 109 Å². The molecule has 1 unspecified atom stereocenters. The summed E-state index contributed by atoms with van der Waals surface area (Å²) in [5.74, 6) is -1.01. The summed E-state index contributed by atoms with van der Waals surface area (Å²) in [5, 5.41) is 2.95. The number of aromatic amines is 1. The van der Waals surface area contributed by atoms with Gasteiger partial charge in [-0.2, -0.15) is 0 Å². The van der Waals surface area contributed by atoms with Crippen molar-refractivity contribution in [3.8, 4) is 16.9 Å². The molecule has 2 N–H and O–H groups in total. The number of piperazine rings is 1. The third-order valence-electron chi connectivity index (χ3n) is 12.4. The summed E-state index contributed by atoms with van der Waals surface area (Å²) in [7, 11) is 6.66. The van der Waals surface area contributed by atoms with Gasteiger partial charge in [-0.1, -0.05) is 6.07 Å². The Balaban J connectivity index is 0.992. The molecule has 0 radical (unpaired) electrons. The number of imide groups is 1. The van der Waals surface area contributed by atoms with Crippen molar-refractivity contribution < 1.29 is 28.3 Å². The number of carbonyl (C=O) groups excluding carboxylic acids is 4. The lowest BCUT2D eigenvalue weighted by molar-refractivity contribution is -0.135. The molecule has 8 rings (SSSR count). The lowest BCUT2D eigenvalue weighted by Gasteiger charge is -2.36. The zero-order valence-corrected chi connectivity index (χ0v) is 34.3. The lowest BCUT2D eigenvalue weighted by Crippen LogP contribution is -2.47. The number of ether oxygens (including phenoxy) is 1. The van der Waals surface area contributed by atoms with Gasteiger partial charge in [0.1, 0.15) is 17.5 Å². The highest BCUT2D eigenvalue weighted by Crippen LogP contribution is 2.42. The Morgan fingerprint density at radius 3 is 2.42 bits per heavy atom. The first-order chi connectivity index (χ1) is 28.3. The van der Waals surface area contributed by atoms with Crippen molar-refractivity contribution in [3.05, 3.63) is 81.7 Å². The maximum Gasteiger partial charge on any atom is 0.329 e. The second kappa shape index (κ2) is 16.0. The highest BCUT2D eigenvalue weighted by molar-refractivity contribution is 6.04. The Kier molecular flexibility index (Phi) is 10.8. The number of methoxy groups -OCH3 is 1. The summed E-state index contributed by atoms with van der Waals surface area (Å²) < 4.78 is 25.6. The third kappa shape index (κ3) is 7.47. The van der Waals surface area contributed by atoms with Crippen LogP contribution in [0.5, 0.6) is 5.75 Å². The Bertz CT molecular complexity index is 2550. The number of fused-ring (bicyclic) bond motifs is 2. The number of aromatic nitrogens is 3. The van der Waals surface area contributed by atoms with E-state index in [1.54, 1.807) is 50.7 Å². The molecule has 0 saturated carbocycles. The first-order valence-electron chi connectivity index (χ1n) is 20.3. The molecule has 3 aliphatic heterocycles. The van der Waals surface area contributed by atoms with Crippen LogP contribution in [-0.2, 0) is 27.9 Å². The summed E-state index contributed by atoms with van der Waals surface area (Å²) in [5.41, 5.74) is 5.87. The Morgan fingerprint density at radius 1 is 0.932 bits per heavy atom. The van der Waals surface area contributed by atoms with Gasteiger partial charge < -0.3 is 24.4 Å². The van der Waals surface area contributed by atoms with Gasteiger partial charge in [0.05, 0.1) is 23.7 Å². The molecule has 59 heavy (non-hydrogen) atoms. The van der Waals surface area contributed by atoms with Crippen LogP contribution in [0.25, 0.3) is 33.1 Å². The fourth-order valence-electron chi connectivity index (χ4n) is 9.08. The van der Waals surface area contributed by atoms with Crippen molar-refractivity contribution in [2.75, 3.05) is 71.9 Å². The third-order valence-corrected chi connectivity index (χ3v) is 12.4. The average molecular weight is 807 g/mol. The van der Waals surface area contributed by atoms with Gasteiger partial charge in [-0.05, 0) is 78.8 Å². The van der Waals surface area contributed by atoms with E-state index in [2.05, 4.69) is 26.2 Å². The fourth-order valence-corrected chi connectivity index (χ4v) is 9.08. The molecule has 310 valence electrons. The Morgan fingerprint density at radius 2 is 1.71 bits per heavy atom. The van der Waals surface area contributed by atoms with Crippen LogP contribution in [0.2, 0.25) is 0 Å². The molecular formula is C44H51FN8O6. The van der Waals surface area contributed by atoms with E-state index in [9.17, 15) is 24.0 Å². The molecule has 3 aliphatic rings. The van der Waals surface area contributed by atoms with E-state index in [-0.39, 0.29) is 41.3 Å². The van der Waals surface area contributed by atoms with Crippen LogP contribution in [0.15, 0.2) is 53.3 Å². The monoisotopic (exact) mass is 806 g/mol. The number of nitrogens with zero attached hydrogens (tertiary/aromatic N) is 6. The molecular weight excluding hydrogens is 756 g/mol. The van der Waals surface area contributed by atoms with Crippen LogP contribution in [0.3, 0.4) is 0 Å². The van der Waals surface area contributed by atoms with Crippen molar-refractivity contribution in [1.82, 2.24) is 34.1 Å². The van der Waals surface area contributed by atoms with Gasteiger partial charge in [-0.25, -0.2) is 9.18 Å². The zero-order chi connectivity index (χ0) is 41.7. The van der Waals surface area contributed by atoms with E-state index in [0.717, 1.165) is 79.9 Å². The van der Waals surface area contributed by atoms with Crippen molar-refractivity contribution in [2.24, 2.45) is 7.05 Å². The Labute approximate surface area is 341 Å². The van der Waals surface area contributed by atoms with E-state index < -0.39 is 17.8 Å². The van der Waals surface area contributed by atoms with Crippen LogP contribution in [-0.4, -0.2) is 119 Å². The highest BCUT2D eigenvalue weighted by Gasteiger charge is 2.32. The average Bonchev–Trinajstić information content (AvgIpc) is 3.79. The summed E-state index contributed by atoms with van der Waals surface area (Å²) in [6, 6.07) is 14.9. The minimum atomic E-state index is -0.714. The van der Waals surface area contributed by atoms with E-state index in [1.807, 2.05) is 36.4 Å². The normalized spacial score (nSPS) is 19.1. The number of hydrogen-bond acceptors (Lipinski definition) is 8. The van der Waals surface area contributed by atoms with Gasteiger partial charge >= 0.3 is 5.69 Å². The molecule has 5 heterocycles. The first-order valence-corrected chi connectivity index (χ1v) is 20.3. The number of benzene rings is 3. The van der Waals surface area contributed by atoms with Crippen LogP contribution in [0.4, 0.5) is 10.1 Å². The number of imidazole rings is 1. The largest absolute Gasteiger partial charge is 0.496 e. The number of H-pyrrole nitrogens is 1. The van der Waals surface area contributed by atoms with Crippen LogP contribution in [0, 0.1) is 5.82 Å². The second-order valence-corrected chi connectivity index (χ2v) is 16.3. The van der Waals surface area contributed by atoms with Crippen molar-refractivity contribution in [1.29, 1.82) is 0 Å². The summed E-state index contributed by atoms with van der Waals surface area (Å²) in [6.45, 7) is 6.78. The van der Waals surface area contributed by atoms with E-state index in [0.29, 0.717) is 47.4 Å². The standard InChI is InChI=1S/C44H51FN8O6/c1-26(54)52-15-6-7-28(25-52)31-23-32(33-24-34(43(57)48(2)3)46-41(33)40(31)45)30-10-9-29(22-38(30)59-5)51-19-17-50(18-20-51)16-14-27-8-11-35-37(21-27)49(4)44(58)53(35)36-12-13-39(55)47-42(36)56/h8-11,21-24,28,36,46H,6-7,12-20,25H2,1-5H3,(H,47,55,56)/t28-,36?/m1/s1. The van der Waals surface area contributed by atoms with E-state index >= 15 is 4.39 Å². The summed E-state index contributed by atoms with van der Waals surface area (Å²) in [6.07, 6.45) is 2.81. The van der Waals surface area contributed by atoms with Crippen molar-refractivity contribution >= 4 is 51.3 Å². The molecule has 0 aliphatic carbocycles. The number of halogens is 1. The molecule has 0 bridgehead atoms. The SMILES string of the molecule is COc1cc(N2CCN(CCc3ccc4c(c3)n(C)c(=O)n4C3CCC(=O)NC3=O)CC2)ccc1-c1cc([C@@H]2CCCN(C(C)=O)C2)c(F)c2[nH]c(C(=O)N(C)C)cc12. The number of aryl methyl sites for hydroxylation is 1. The van der Waals surface area contributed by atoms with Gasteiger partial charge in [0.2, 0.25) is 17.7 Å². The molecule has 14 nitrogen and oxygen atoms in total. The predicted octanol–water partition coefficient (Wildman–Crippen LogP) is 4.41. The zero-order valence-electron chi connectivity index (χ0n) is 34.3. The molecule has 3 fully saturated rings. The Hall–Kier alpha value is -5.96. The number of hydrogen-bond donors (Lipinski definition) is 2. The smallest absolute Gasteiger partial charge is 0.329 e. The highest BCUT2D eigenvalue weighted by atomic mass is 19.1. The van der Waals surface area contributed by atoms with Gasteiger partial charge in [-0.3, -0.25) is 38.5 Å². The van der Waals surface area contributed by atoms with Gasteiger partial charge in [-0.15, -0.1) is 0 Å². The minimum Gasteiger partial charge on any atom is -0.496 e. The summed E-state index contributed by atoms with van der Waals surface area (Å²) >= 11 is 0. The molecule has 5 aromatic rings. The number of carbonyl (C=O) groups is 4. The quantitative estimate of drug-likeness (QED) is 0.209. The van der Waals surface area contributed by atoms with E-state index in [4.69, 9.17) is 4.74 Å². The maximum atomic E-state index is 16.5. The number of anilines is 1. The van der Waals surface area contributed by atoms with Crippen LogP contribution in [0.1, 0.15) is 66.2 Å². The topological polar surface area (TPSA) is 145 Å². The lowest BCUT2D eigenvalue weighted by atomic mass is 9.86. The van der Waals surface area contributed by atoms with Crippen molar-refractivity contribution in [2.45, 2.75) is 51.0 Å². The van der Waals surface area contributed by atoms with Crippen LogP contribution < -0.4 is 20.6 Å². The predicted molar refractivity (Wildman–Crippen MR) is 223 cm³/mol.